The molecule has 0 unspecified atom stereocenters. The van der Waals surface area contributed by atoms with Gasteiger partial charge in [-0.25, -0.2) is 13.6 Å². The van der Waals surface area contributed by atoms with Gasteiger partial charge in [-0.2, -0.15) is 0 Å². The zero-order chi connectivity index (χ0) is 10.3. The monoisotopic (exact) mass is 198 g/mol. The highest BCUT2D eigenvalue weighted by Gasteiger charge is 2.09. The molecule has 0 aliphatic carbocycles. The standard InChI is InChI=1S/C9H8F2N2O/c1-2-13-8-4-6(11)5(10)3-7(8)12-9(13)14/h3-4H,2H2,1H3,(H,12,14). The third kappa shape index (κ3) is 1.13. The number of imidazole rings is 1. The van der Waals surface area contributed by atoms with Gasteiger partial charge in [0.25, 0.3) is 0 Å². The van der Waals surface area contributed by atoms with Gasteiger partial charge in [-0.05, 0) is 6.92 Å². The van der Waals surface area contributed by atoms with E-state index in [0.717, 1.165) is 12.1 Å². The van der Waals surface area contributed by atoms with Crippen LogP contribution in [0, 0.1) is 11.6 Å². The summed E-state index contributed by atoms with van der Waals surface area (Å²) in [4.78, 5) is 13.7. The van der Waals surface area contributed by atoms with E-state index in [2.05, 4.69) is 4.98 Å². The second-order valence-corrected chi connectivity index (χ2v) is 2.96. The molecule has 0 aliphatic rings. The molecule has 0 saturated heterocycles. The highest BCUT2D eigenvalue weighted by Crippen LogP contribution is 2.15. The first kappa shape index (κ1) is 8.93. The molecule has 5 heteroatoms. The topological polar surface area (TPSA) is 37.8 Å². The lowest BCUT2D eigenvalue weighted by atomic mass is 10.3. The van der Waals surface area contributed by atoms with Crippen molar-refractivity contribution >= 4 is 11.0 Å². The predicted octanol–water partition coefficient (Wildman–Crippen LogP) is 1.63. The largest absolute Gasteiger partial charge is 0.326 e. The van der Waals surface area contributed by atoms with Gasteiger partial charge >= 0.3 is 5.69 Å². The maximum Gasteiger partial charge on any atom is 0.326 e. The van der Waals surface area contributed by atoms with Gasteiger partial charge in [0, 0.05) is 18.7 Å². The Labute approximate surface area is 78.0 Å². The summed E-state index contributed by atoms with van der Waals surface area (Å²) in [6.07, 6.45) is 0. The van der Waals surface area contributed by atoms with Crippen molar-refractivity contribution in [3.8, 4) is 0 Å². The molecule has 0 spiro atoms. The number of benzene rings is 1. The molecule has 0 radical (unpaired) electrons. The molecule has 1 heterocycles. The highest BCUT2D eigenvalue weighted by molar-refractivity contribution is 5.75. The molecule has 1 N–H and O–H groups in total. The number of aromatic nitrogens is 2. The molecule has 14 heavy (non-hydrogen) atoms. The molecular weight excluding hydrogens is 190 g/mol. The molecule has 1 aromatic heterocycles. The van der Waals surface area contributed by atoms with Crippen LogP contribution in [0.1, 0.15) is 6.92 Å². The number of aromatic amines is 1. The van der Waals surface area contributed by atoms with Crippen LogP contribution in [0.15, 0.2) is 16.9 Å². The summed E-state index contributed by atoms with van der Waals surface area (Å²) in [5.41, 5.74) is 0.347. The molecule has 0 saturated carbocycles. The summed E-state index contributed by atoms with van der Waals surface area (Å²) in [6, 6.07) is 2.00. The van der Waals surface area contributed by atoms with Crippen LogP contribution in [0.25, 0.3) is 11.0 Å². The third-order valence-corrected chi connectivity index (χ3v) is 2.13. The summed E-state index contributed by atoms with van der Waals surface area (Å²) < 4.78 is 27.0. The lowest BCUT2D eigenvalue weighted by Gasteiger charge is -1.97. The number of nitrogens with one attached hydrogen (secondary N) is 1. The molecule has 1 aromatic carbocycles. The molecule has 0 atom stereocenters. The van der Waals surface area contributed by atoms with E-state index >= 15 is 0 Å². The lowest BCUT2D eigenvalue weighted by Crippen LogP contribution is -2.14. The molecule has 74 valence electrons. The minimum absolute atomic E-state index is 0.316. The van der Waals surface area contributed by atoms with Crippen molar-refractivity contribution < 1.29 is 8.78 Å². The van der Waals surface area contributed by atoms with E-state index in [0.29, 0.717) is 17.6 Å². The number of H-pyrrole nitrogens is 1. The lowest BCUT2D eigenvalue weighted by molar-refractivity contribution is 0.510. The maximum absolute atomic E-state index is 12.9. The second-order valence-electron chi connectivity index (χ2n) is 2.96. The maximum atomic E-state index is 12.9. The first-order chi connectivity index (χ1) is 6.63. The molecule has 0 amide bonds. The van der Waals surface area contributed by atoms with E-state index in [9.17, 15) is 13.6 Å². The number of halogens is 2. The summed E-state index contributed by atoms with van der Waals surface area (Å²) >= 11 is 0. The molecule has 2 aromatic rings. The molecule has 0 bridgehead atoms. The zero-order valence-corrected chi connectivity index (χ0v) is 7.47. The van der Waals surface area contributed by atoms with Crippen LogP contribution >= 0.6 is 0 Å². The van der Waals surface area contributed by atoms with E-state index in [4.69, 9.17) is 0 Å². The van der Waals surface area contributed by atoms with Crippen molar-refractivity contribution in [1.82, 2.24) is 9.55 Å². The van der Waals surface area contributed by atoms with Crippen molar-refractivity contribution in [1.29, 1.82) is 0 Å². The summed E-state index contributed by atoms with van der Waals surface area (Å²) in [5, 5.41) is 0. The van der Waals surface area contributed by atoms with Crippen molar-refractivity contribution in [3.63, 3.8) is 0 Å². The minimum atomic E-state index is -0.956. The molecule has 3 nitrogen and oxygen atoms in total. The normalized spacial score (nSPS) is 11.1. The number of nitrogens with zero attached hydrogens (tertiary/aromatic N) is 1. The Hall–Kier alpha value is -1.65. The number of rotatable bonds is 1. The van der Waals surface area contributed by atoms with Gasteiger partial charge < -0.3 is 4.98 Å². The fourth-order valence-electron chi connectivity index (χ4n) is 1.47. The van der Waals surface area contributed by atoms with Gasteiger partial charge in [-0.1, -0.05) is 0 Å². The number of hydrogen-bond donors (Lipinski definition) is 1. The van der Waals surface area contributed by atoms with Crippen LogP contribution in [0.5, 0.6) is 0 Å². The molecule has 0 aliphatic heterocycles. The van der Waals surface area contributed by atoms with E-state index < -0.39 is 11.6 Å². The van der Waals surface area contributed by atoms with Gasteiger partial charge in [0.2, 0.25) is 0 Å². The summed E-state index contributed by atoms with van der Waals surface area (Å²) in [6.45, 7) is 2.18. The Morgan fingerprint density at radius 3 is 2.64 bits per heavy atom. The first-order valence-corrected chi connectivity index (χ1v) is 4.21. The van der Waals surface area contributed by atoms with Crippen LogP contribution in [0.3, 0.4) is 0 Å². The number of hydrogen-bond acceptors (Lipinski definition) is 1. The van der Waals surface area contributed by atoms with Gasteiger partial charge in [0.05, 0.1) is 11.0 Å². The van der Waals surface area contributed by atoms with Gasteiger partial charge in [-0.3, -0.25) is 4.57 Å². The fourth-order valence-corrected chi connectivity index (χ4v) is 1.47. The van der Waals surface area contributed by atoms with Crippen LogP contribution in [-0.4, -0.2) is 9.55 Å². The van der Waals surface area contributed by atoms with Crippen molar-refractivity contribution in [2.45, 2.75) is 13.5 Å². The quantitative estimate of drug-likeness (QED) is 0.742. The minimum Gasteiger partial charge on any atom is -0.305 e. The van der Waals surface area contributed by atoms with Crippen molar-refractivity contribution in [3.05, 3.63) is 34.3 Å². The molecule has 2 rings (SSSR count). The Kier molecular flexibility index (Phi) is 1.87. The van der Waals surface area contributed by atoms with Gasteiger partial charge in [-0.15, -0.1) is 0 Å². The van der Waals surface area contributed by atoms with Gasteiger partial charge in [0.15, 0.2) is 11.6 Å². The third-order valence-electron chi connectivity index (χ3n) is 2.13. The van der Waals surface area contributed by atoms with Crippen LogP contribution in [0.2, 0.25) is 0 Å². The fraction of sp³-hybridized carbons (Fsp3) is 0.222. The second kappa shape index (κ2) is 2.94. The Bertz CT molecular complexity index is 541. The zero-order valence-electron chi connectivity index (χ0n) is 7.47. The Morgan fingerprint density at radius 1 is 1.36 bits per heavy atom. The SMILES string of the molecule is CCn1c(=O)[nH]c2cc(F)c(F)cc21. The smallest absolute Gasteiger partial charge is 0.305 e. The molecule has 0 fully saturated rings. The van der Waals surface area contributed by atoms with E-state index in [1.807, 2.05) is 0 Å². The Balaban J connectivity index is 2.89. The van der Waals surface area contributed by atoms with Gasteiger partial charge in [0.1, 0.15) is 0 Å². The predicted molar refractivity (Wildman–Crippen MR) is 48.1 cm³/mol. The van der Waals surface area contributed by atoms with Crippen molar-refractivity contribution in [2.24, 2.45) is 0 Å². The first-order valence-electron chi connectivity index (χ1n) is 4.21. The van der Waals surface area contributed by atoms with Crippen LogP contribution < -0.4 is 5.69 Å². The summed E-state index contributed by atoms with van der Waals surface area (Å²) in [5.74, 6) is -1.90. The number of fused-ring (bicyclic) bond motifs is 1. The highest BCUT2D eigenvalue weighted by atomic mass is 19.2. The van der Waals surface area contributed by atoms with Crippen molar-refractivity contribution in [2.75, 3.05) is 0 Å². The van der Waals surface area contributed by atoms with E-state index in [-0.39, 0.29) is 5.69 Å². The van der Waals surface area contributed by atoms with Crippen LogP contribution in [0.4, 0.5) is 8.78 Å². The van der Waals surface area contributed by atoms with E-state index in [1.165, 1.54) is 4.57 Å². The average molecular weight is 198 g/mol. The molecular formula is C9H8F2N2O. The van der Waals surface area contributed by atoms with E-state index in [1.54, 1.807) is 6.92 Å². The Morgan fingerprint density at radius 2 is 2.00 bits per heavy atom. The average Bonchev–Trinajstić information content (AvgIpc) is 2.42. The summed E-state index contributed by atoms with van der Waals surface area (Å²) in [7, 11) is 0. The van der Waals surface area contributed by atoms with Crippen LogP contribution in [-0.2, 0) is 6.54 Å². The number of aryl methyl sites for hydroxylation is 1.